The Kier molecular flexibility index (Phi) is 7.46. The van der Waals surface area contributed by atoms with Crippen molar-refractivity contribution in [2.75, 3.05) is 0 Å². The number of carbonyl (C=O) groups is 1. The van der Waals surface area contributed by atoms with Crippen LogP contribution >= 0.6 is 0 Å². The molecule has 41 heavy (non-hydrogen) atoms. The molecule has 2 atom stereocenters. The summed E-state index contributed by atoms with van der Waals surface area (Å²) in [7, 11) is -8.38. The molecule has 0 radical (unpaired) electrons. The van der Waals surface area contributed by atoms with E-state index in [1.807, 2.05) is 51.1 Å². The molecular formula is C33H50O5SSi2. The number of ketones is 1. The Morgan fingerprint density at radius 1 is 0.780 bits per heavy atom. The summed E-state index contributed by atoms with van der Waals surface area (Å²) in [6.45, 7) is 27.8. The smallest absolute Gasteiger partial charge is 0.250 e. The van der Waals surface area contributed by atoms with Crippen LogP contribution in [0.25, 0.3) is 0 Å². The first kappa shape index (κ1) is 32.0. The van der Waals surface area contributed by atoms with Gasteiger partial charge in [0.2, 0.25) is 0 Å². The van der Waals surface area contributed by atoms with Crippen molar-refractivity contribution in [1.82, 2.24) is 0 Å². The molecule has 0 spiro atoms. The number of benzene rings is 2. The highest BCUT2D eigenvalue weighted by Crippen LogP contribution is 2.71. The molecule has 0 unspecified atom stereocenters. The van der Waals surface area contributed by atoms with Gasteiger partial charge in [-0.2, -0.15) is 0 Å². The predicted molar refractivity (Wildman–Crippen MR) is 173 cm³/mol. The van der Waals surface area contributed by atoms with Crippen LogP contribution in [0.2, 0.25) is 36.3 Å². The van der Waals surface area contributed by atoms with Gasteiger partial charge in [0, 0.05) is 11.8 Å². The van der Waals surface area contributed by atoms with E-state index in [1.165, 1.54) is 0 Å². The zero-order valence-electron chi connectivity index (χ0n) is 27.5. The SMILES string of the molecule is Cc1cc(C)c(S(=O)(=O)[C@]23C[C@@]2(c2ccc(O[Si](C)(C)C(C)(C)C)c(O[Si](C)(C)C(C)(C)C)c2)CCC3=O)c(C)c1. The molecule has 2 aliphatic carbocycles. The van der Waals surface area contributed by atoms with Crippen LogP contribution in [0.3, 0.4) is 0 Å². The summed E-state index contributed by atoms with van der Waals surface area (Å²) in [5.41, 5.74) is 2.54. The van der Waals surface area contributed by atoms with E-state index in [1.54, 1.807) is 0 Å². The van der Waals surface area contributed by atoms with E-state index in [0.717, 1.165) is 11.1 Å². The molecule has 0 N–H and O–H groups in total. The van der Waals surface area contributed by atoms with Crippen LogP contribution < -0.4 is 8.85 Å². The van der Waals surface area contributed by atoms with E-state index in [2.05, 4.69) is 67.7 Å². The number of carbonyl (C=O) groups excluding carboxylic acids is 1. The molecule has 2 saturated carbocycles. The van der Waals surface area contributed by atoms with E-state index < -0.39 is 36.6 Å². The van der Waals surface area contributed by atoms with Crippen molar-refractivity contribution in [2.45, 2.75) is 133 Å². The third kappa shape index (κ3) is 4.86. The van der Waals surface area contributed by atoms with Crippen molar-refractivity contribution in [3.8, 4) is 11.5 Å². The van der Waals surface area contributed by atoms with Crippen LogP contribution in [0.4, 0.5) is 0 Å². The highest BCUT2D eigenvalue weighted by molar-refractivity contribution is 7.94. The Hall–Kier alpha value is -1.91. The summed E-state index contributed by atoms with van der Waals surface area (Å²) >= 11 is 0. The number of hydrogen-bond donors (Lipinski definition) is 0. The highest BCUT2D eigenvalue weighted by atomic mass is 32.2. The quantitative estimate of drug-likeness (QED) is 0.292. The van der Waals surface area contributed by atoms with Crippen molar-refractivity contribution >= 4 is 32.3 Å². The molecule has 4 rings (SSSR count). The lowest BCUT2D eigenvalue weighted by molar-refractivity contribution is -0.118. The number of sulfone groups is 1. The highest BCUT2D eigenvalue weighted by Gasteiger charge is 2.82. The van der Waals surface area contributed by atoms with Gasteiger partial charge < -0.3 is 8.85 Å². The van der Waals surface area contributed by atoms with Crippen molar-refractivity contribution in [3.05, 3.63) is 52.6 Å². The minimum Gasteiger partial charge on any atom is -0.541 e. The van der Waals surface area contributed by atoms with Crippen molar-refractivity contribution in [3.63, 3.8) is 0 Å². The molecule has 0 heterocycles. The first-order valence-electron chi connectivity index (χ1n) is 14.8. The molecule has 0 saturated heterocycles. The summed E-state index contributed by atoms with van der Waals surface area (Å²) in [6.07, 6.45) is 1.11. The molecule has 8 heteroatoms. The van der Waals surface area contributed by atoms with E-state index in [4.69, 9.17) is 8.85 Å². The van der Waals surface area contributed by atoms with E-state index >= 15 is 0 Å². The maximum Gasteiger partial charge on any atom is 0.250 e. The van der Waals surface area contributed by atoms with Gasteiger partial charge in [0.15, 0.2) is 15.6 Å². The number of rotatable bonds is 7. The summed E-state index contributed by atoms with van der Waals surface area (Å²) in [4.78, 5) is 13.9. The molecule has 226 valence electrons. The molecule has 2 fully saturated rings. The molecular weight excluding hydrogens is 565 g/mol. The lowest BCUT2D eigenvalue weighted by Crippen LogP contribution is -2.45. The summed E-state index contributed by atoms with van der Waals surface area (Å²) in [5, 5.41) is -0.0357. The third-order valence-electron chi connectivity index (χ3n) is 10.6. The number of fused-ring (bicyclic) bond motifs is 1. The second kappa shape index (κ2) is 9.55. The number of Topliss-reactive ketones (excluding diaryl/α,β-unsaturated/α-hetero) is 1. The lowest BCUT2D eigenvalue weighted by Gasteiger charge is -2.40. The molecule has 2 aromatic carbocycles. The number of hydrogen-bond acceptors (Lipinski definition) is 5. The van der Waals surface area contributed by atoms with Crippen LogP contribution in [0.5, 0.6) is 11.5 Å². The molecule has 5 nitrogen and oxygen atoms in total. The minimum absolute atomic E-state index is 0.0000430. The zero-order valence-corrected chi connectivity index (χ0v) is 30.3. The minimum atomic E-state index is -3.93. The number of aryl methyl sites for hydroxylation is 3. The predicted octanol–water partition coefficient (Wildman–Crippen LogP) is 8.60. The van der Waals surface area contributed by atoms with Gasteiger partial charge in [-0.25, -0.2) is 8.42 Å². The first-order valence-corrected chi connectivity index (χ1v) is 22.1. The van der Waals surface area contributed by atoms with Gasteiger partial charge in [-0.15, -0.1) is 0 Å². The average Bonchev–Trinajstić information content (AvgIpc) is 3.40. The average molecular weight is 615 g/mol. The van der Waals surface area contributed by atoms with Crippen molar-refractivity contribution in [1.29, 1.82) is 0 Å². The Morgan fingerprint density at radius 2 is 1.27 bits per heavy atom. The van der Waals surface area contributed by atoms with Crippen LogP contribution in [0, 0.1) is 20.8 Å². The van der Waals surface area contributed by atoms with E-state index in [0.29, 0.717) is 40.4 Å². The van der Waals surface area contributed by atoms with Gasteiger partial charge in [-0.1, -0.05) is 65.3 Å². The van der Waals surface area contributed by atoms with Crippen LogP contribution in [-0.4, -0.2) is 35.6 Å². The molecule has 0 aromatic heterocycles. The van der Waals surface area contributed by atoms with Crippen LogP contribution in [0.1, 0.15) is 83.1 Å². The molecule has 0 amide bonds. The summed E-state index contributed by atoms with van der Waals surface area (Å²) in [6, 6.07) is 9.77. The van der Waals surface area contributed by atoms with Gasteiger partial charge in [0.25, 0.3) is 16.6 Å². The van der Waals surface area contributed by atoms with Crippen molar-refractivity contribution in [2.24, 2.45) is 0 Å². The monoisotopic (exact) mass is 614 g/mol. The lowest BCUT2D eigenvalue weighted by atomic mass is 9.93. The van der Waals surface area contributed by atoms with Crippen molar-refractivity contribution < 1.29 is 22.1 Å². The Bertz CT molecular complexity index is 1490. The normalized spacial score (nSPS) is 23.4. The van der Waals surface area contributed by atoms with Gasteiger partial charge in [-0.3, -0.25) is 4.79 Å². The molecule has 2 aliphatic rings. The van der Waals surface area contributed by atoms with Gasteiger partial charge >= 0.3 is 0 Å². The maximum absolute atomic E-state index is 14.5. The fourth-order valence-electron chi connectivity index (χ4n) is 6.14. The largest absolute Gasteiger partial charge is 0.541 e. The summed E-state index contributed by atoms with van der Waals surface area (Å²) < 4.78 is 41.2. The zero-order chi connectivity index (χ0) is 31.2. The summed E-state index contributed by atoms with van der Waals surface area (Å²) in [5.74, 6) is 1.23. The Morgan fingerprint density at radius 3 is 1.76 bits per heavy atom. The van der Waals surface area contributed by atoms with Gasteiger partial charge in [-0.05, 0) is 98.7 Å². The standard InChI is InChI=1S/C33H50O5SSi2/c1-22-18-23(2)29(24(3)19-22)39(35,36)33-21-32(33,17-16-28(33)34)25-14-15-26(37-40(10,11)30(4,5)6)27(20-25)38-41(12,13)31(7,8)9/h14-15,18-20H,16-17,21H2,1-13H3/t32-,33+/m1/s1. The molecule has 0 bridgehead atoms. The molecule has 2 aromatic rings. The van der Waals surface area contributed by atoms with Gasteiger partial charge in [0.05, 0.1) is 4.90 Å². The molecule has 0 aliphatic heterocycles. The second-order valence-corrected chi connectivity index (χ2v) is 27.2. The fraction of sp³-hybridized carbons (Fsp3) is 0.606. The van der Waals surface area contributed by atoms with Crippen LogP contribution in [-0.2, 0) is 20.0 Å². The first-order chi connectivity index (χ1) is 18.4. The van der Waals surface area contributed by atoms with Gasteiger partial charge in [0.1, 0.15) is 16.2 Å². The maximum atomic E-state index is 14.5. The Balaban J connectivity index is 1.88. The van der Waals surface area contributed by atoms with Crippen LogP contribution in [0.15, 0.2) is 35.2 Å². The van der Waals surface area contributed by atoms with E-state index in [-0.39, 0.29) is 22.3 Å². The van der Waals surface area contributed by atoms with E-state index in [9.17, 15) is 13.2 Å². The second-order valence-electron chi connectivity index (χ2n) is 15.6. The third-order valence-corrected chi connectivity index (χ3v) is 22.1. The fourth-order valence-corrected chi connectivity index (χ4v) is 11.1. The Labute approximate surface area is 250 Å². The topological polar surface area (TPSA) is 69.7 Å².